The van der Waals surface area contributed by atoms with Crippen LogP contribution in [0.4, 0.5) is 22.7 Å². The molecule has 0 N–H and O–H groups in total. The van der Waals surface area contributed by atoms with Crippen molar-refractivity contribution in [3.8, 4) is 0 Å². The molecule has 0 saturated heterocycles. The van der Waals surface area contributed by atoms with Crippen LogP contribution in [0.3, 0.4) is 0 Å². The van der Waals surface area contributed by atoms with Crippen LogP contribution in [0, 0.1) is 0 Å². The number of nitrogens with zero attached hydrogens (tertiary/aromatic N) is 3. The van der Waals surface area contributed by atoms with Gasteiger partial charge in [-0.1, -0.05) is 103 Å². The molecule has 0 radical (unpaired) electrons. The van der Waals surface area contributed by atoms with Crippen LogP contribution in [0.2, 0.25) is 0 Å². The molecule has 0 amide bonds. The molecule has 9 aromatic carbocycles. The maximum Gasteiger partial charge on any atom is 0.159 e. The Kier molecular flexibility index (Phi) is 7.16. The zero-order valence-corrected chi connectivity index (χ0v) is 33.1. The van der Waals surface area contributed by atoms with Gasteiger partial charge in [-0.05, 0) is 108 Å². The van der Waals surface area contributed by atoms with E-state index >= 15 is 0 Å². The summed E-state index contributed by atoms with van der Waals surface area (Å²) in [6.07, 6.45) is 6.29. The van der Waals surface area contributed by atoms with E-state index in [1.54, 1.807) is 0 Å². The van der Waals surface area contributed by atoms with E-state index in [9.17, 15) is 0 Å². The molecule has 0 fully saturated rings. The Morgan fingerprint density at radius 1 is 0.492 bits per heavy atom. The highest BCUT2D eigenvalue weighted by Crippen LogP contribution is 2.48. The number of hydrogen-bond acceptors (Lipinski definition) is 4. The molecule has 0 saturated carbocycles. The van der Waals surface area contributed by atoms with Gasteiger partial charge in [0.25, 0.3) is 0 Å². The summed E-state index contributed by atoms with van der Waals surface area (Å²) >= 11 is 0. The number of fused-ring (bicyclic) bond motifs is 14. The molecule has 5 heteroatoms. The van der Waals surface area contributed by atoms with E-state index in [1.807, 2.05) is 54.7 Å². The molecule has 0 aliphatic heterocycles. The number of aromatic nitrogens is 1. The molecule has 286 valence electrons. The predicted molar refractivity (Wildman–Crippen MR) is 256 cm³/mol. The molecule has 5 nitrogen and oxygen atoms in total. The molecule has 0 aliphatic carbocycles. The van der Waals surface area contributed by atoms with Gasteiger partial charge in [0.2, 0.25) is 0 Å². The number of hydrogen-bond donors (Lipinski definition) is 0. The first-order chi connectivity index (χ1) is 30.2. The average molecular weight is 782 g/mol. The van der Waals surface area contributed by atoms with E-state index in [4.69, 9.17) is 13.8 Å². The molecule has 0 atom stereocenters. The van der Waals surface area contributed by atoms with Crippen molar-refractivity contribution >= 4 is 128 Å². The first-order valence-electron chi connectivity index (χ1n) is 20.7. The fourth-order valence-electron chi connectivity index (χ4n) is 9.77. The Morgan fingerprint density at radius 3 is 2.07 bits per heavy atom. The summed E-state index contributed by atoms with van der Waals surface area (Å²) in [5.74, 6) is 0. The summed E-state index contributed by atoms with van der Waals surface area (Å²) in [5.41, 5.74) is 13.2. The lowest BCUT2D eigenvalue weighted by atomic mass is 9.98. The number of anilines is 3. The lowest BCUT2D eigenvalue weighted by molar-refractivity contribution is 0.669. The van der Waals surface area contributed by atoms with Crippen molar-refractivity contribution in [2.75, 3.05) is 4.90 Å². The summed E-state index contributed by atoms with van der Waals surface area (Å²) in [6, 6.07) is 62.3. The van der Waals surface area contributed by atoms with Crippen molar-refractivity contribution in [1.82, 2.24) is 4.40 Å². The monoisotopic (exact) mass is 781 g/mol. The highest BCUT2D eigenvalue weighted by atomic mass is 16.3. The molecular formula is C56H35N3O2. The highest BCUT2D eigenvalue weighted by Gasteiger charge is 2.25. The SMILES string of the molecule is C/C=C\c1cc2c3c4c(cc5c6cc7ccc(N(c8ccccc8)c8cccc9c8oc8ccccc89)cc7cc6n(c2cc1C=Nc1ccccc1)c53)oc1ccccc14. The molecule has 0 bridgehead atoms. The van der Waals surface area contributed by atoms with Gasteiger partial charge in [0.1, 0.15) is 16.7 Å². The Hall–Kier alpha value is -8.15. The van der Waals surface area contributed by atoms with Crippen LogP contribution in [0.5, 0.6) is 0 Å². The number of aliphatic imine (C=N–C) groups is 1. The van der Waals surface area contributed by atoms with Gasteiger partial charge in [-0.3, -0.25) is 4.99 Å². The van der Waals surface area contributed by atoms with E-state index in [0.717, 1.165) is 99.6 Å². The Morgan fingerprint density at radius 2 is 1.23 bits per heavy atom. The van der Waals surface area contributed by atoms with E-state index < -0.39 is 0 Å². The van der Waals surface area contributed by atoms with Crippen LogP contribution in [-0.2, 0) is 0 Å². The van der Waals surface area contributed by atoms with Crippen LogP contribution < -0.4 is 4.90 Å². The van der Waals surface area contributed by atoms with Gasteiger partial charge in [-0.25, -0.2) is 0 Å². The van der Waals surface area contributed by atoms with Crippen molar-refractivity contribution in [3.63, 3.8) is 0 Å². The van der Waals surface area contributed by atoms with Crippen LogP contribution >= 0.6 is 0 Å². The van der Waals surface area contributed by atoms with Gasteiger partial charge in [0.05, 0.1) is 27.9 Å². The second-order valence-electron chi connectivity index (χ2n) is 15.9. The number of allylic oxidation sites excluding steroid dienone is 1. The standard InChI is InChI=1S/C56H35N3O2/c1-2-14-34-29-46-49(31-37(34)33-57-38-15-5-3-6-16-38)59-48-30-36-27-40(58(39-17-7-4-8-18-39)47-22-13-21-42-41-19-9-11-23-50(41)61-56(42)47)26-25-35(36)28-44(48)45-32-52-53(54(46)55(45)59)43-20-10-12-24-51(43)60-52/h2-33H,1H3/b14-2-,57-33?. The third kappa shape index (κ3) is 4.98. The van der Waals surface area contributed by atoms with Gasteiger partial charge in [0, 0.05) is 66.2 Å². The number of benzene rings is 9. The fraction of sp³-hybridized carbons (Fsp3) is 0.0179. The minimum Gasteiger partial charge on any atom is -0.456 e. The van der Waals surface area contributed by atoms with Crippen LogP contribution in [0.1, 0.15) is 18.1 Å². The summed E-state index contributed by atoms with van der Waals surface area (Å²) in [7, 11) is 0. The van der Waals surface area contributed by atoms with Crippen LogP contribution in [0.15, 0.2) is 196 Å². The lowest BCUT2D eigenvalue weighted by Gasteiger charge is -2.25. The Balaban J connectivity index is 1.10. The zero-order chi connectivity index (χ0) is 40.2. The molecule has 4 aromatic heterocycles. The Bertz CT molecular complexity index is 3940. The summed E-state index contributed by atoms with van der Waals surface area (Å²) in [4.78, 5) is 7.24. The predicted octanol–water partition coefficient (Wildman–Crippen LogP) is 16.0. The first kappa shape index (κ1) is 33.8. The molecule has 0 unspecified atom stereocenters. The third-order valence-corrected chi connectivity index (χ3v) is 12.4. The van der Waals surface area contributed by atoms with Crippen molar-refractivity contribution in [3.05, 3.63) is 193 Å². The average Bonchev–Trinajstić information content (AvgIpc) is 4.05. The first-order valence-corrected chi connectivity index (χ1v) is 20.7. The number of furan rings is 2. The van der Waals surface area contributed by atoms with E-state index in [1.165, 1.54) is 27.1 Å². The molecule has 13 rings (SSSR count). The maximum absolute atomic E-state index is 6.65. The summed E-state index contributed by atoms with van der Waals surface area (Å²) in [5, 5.41) is 11.5. The van der Waals surface area contributed by atoms with E-state index in [-0.39, 0.29) is 0 Å². The molecule has 0 spiro atoms. The van der Waals surface area contributed by atoms with Crippen molar-refractivity contribution in [2.24, 2.45) is 4.99 Å². The topological polar surface area (TPSA) is 46.3 Å². The van der Waals surface area contributed by atoms with Gasteiger partial charge in [-0.2, -0.15) is 0 Å². The molecule has 13 aromatic rings. The highest BCUT2D eigenvalue weighted by molar-refractivity contribution is 6.35. The minimum atomic E-state index is 0.860. The third-order valence-electron chi connectivity index (χ3n) is 12.4. The van der Waals surface area contributed by atoms with Gasteiger partial charge >= 0.3 is 0 Å². The van der Waals surface area contributed by atoms with Crippen LogP contribution in [-0.4, -0.2) is 10.6 Å². The molecule has 61 heavy (non-hydrogen) atoms. The molecular weight excluding hydrogens is 747 g/mol. The second-order valence-corrected chi connectivity index (χ2v) is 15.9. The largest absolute Gasteiger partial charge is 0.456 e. The van der Waals surface area contributed by atoms with E-state index in [2.05, 4.69) is 156 Å². The normalized spacial score (nSPS) is 12.5. The Labute approximate surface area is 349 Å². The quantitative estimate of drug-likeness (QED) is 0.158. The summed E-state index contributed by atoms with van der Waals surface area (Å²) in [6.45, 7) is 2.07. The zero-order valence-electron chi connectivity index (χ0n) is 33.1. The van der Waals surface area contributed by atoms with Crippen molar-refractivity contribution in [2.45, 2.75) is 6.92 Å². The fourth-order valence-corrected chi connectivity index (χ4v) is 9.77. The van der Waals surface area contributed by atoms with E-state index in [0.29, 0.717) is 0 Å². The lowest BCUT2D eigenvalue weighted by Crippen LogP contribution is -2.10. The van der Waals surface area contributed by atoms with Crippen LogP contribution in [0.25, 0.3) is 98.8 Å². The van der Waals surface area contributed by atoms with Crippen molar-refractivity contribution < 1.29 is 8.83 Å². The van der Waals surface area contributed by atoms with Gasteiger partial charge in [-0.15, -0.1) is 0 Å². The molecule has 0 aliphatic rings. The smallest absolute Gasteiger partial charge is 0.159 e. The minimum absolute atomic E-state index is 0.860. The van der Waals surface area contributed by atoms with Gasteiger partial charge in [0.15, 0.2) is 5.58 Å². The maximum atomic E-state index is 6.65. The second kappa shape index (κ2) is 12.9. The summed E-state index contributed by atoms with van der Waals surface area (Å²) < 4.78 is 15.8. The number of para-hydroxylation sites is 5. The van der Waals surface area contributed by atoms with Crippen molar-refractivity contribution in [1.29, 1.82) is 0 Å². The molecule has 4 heterocycles. The van der Waals surface area contributed by atoms with Gasteiger partial charge < -0.3 is 18.1 Å². The number of rotatable bonds is 6.